The summed E-state index contributed by atoms with van der Waals surface area (Å²) in [5.74, 6) is 1.01. The topological polar surface area (TPSA) is 51.1 Å². The van der Waals surface area contributed by atoms with Gasteiger partial charge in [-0.3, -0.25) is 4.79 Å². The summed E-state index contributed by atoms with van der Waals surface area (Å²) < 4.78 is 11.3. The zero-order chi connectivity index (χ0) is 17.5. The number of hydrogen-bond acceptors (Lipinski definition) is 4. The first-order chi connectivity index (χ1) is 12.3. The van der Waals surface area contributed by atoms with Gasteiger partial charge in [-0.15, -0.1) is 5.10 Å². The number of amides is 1. The highest BCUT2D eigenvalue weighted by molar-refractivity contribution is 6.04. The van der Waals surface area contributed by atoms with Gasteiger partial charge < -0.3 is 9.47 Å². The molecule has 1 amide bonds. The van der Waals surface area contributed by atoms with Crippen molar-refractivity contribution >= 4 is 17.5 Å². The molecule has 0 N–H and O–H groups in total. The highest BCUT2D eigenvalue weighted by Gasteiger charge is 2.24. The molecule has 25 heavy (non-hydrogen) atoms. The van der Waals surface area contributed by atoms with E-state index in [4.69, 9.17) is 9.47 Å². The first-order valence-corrected chi connectivity index (χ1v) is 8.60. The van der Waals surface area contributed by atoms with E-state index in [1.165, 1.54) is 5.01 Å². The molecule has 130 valence electrons. The number of hydrazone groups is 1. The Morgan fingerprint density at radius 1 is 1.12 bits per heavy atom. The van der Waals surface area contributed by atoms with Gasteiger partial charge in [0.25, 0.3) is 5.91 Å². The fourth-order valence-corrected chi connectivity index (χ4v) is 2.54. The minimum atomic E-state index is -0.193. The van der Waals surface area contributed by atoms with Crippen LogP contribution < -0.4 is 9.75 Å². The summed E-state index contributed by atoms with van der Waals surface area (Å²) in [5.41, 5.74) is 1.52. The van der Waals surface area contributed by atoms with Crippen LogP contribution in [0.25, 0.3) is 0 Å². The van der Waals surface area contributed by atoms with Crippen LogP contribution in [0.4, 0.5) is 5.69 Å². The molecule has 1 heterocycles. The monoisotopic (exact) mass is 338 g/mol. The number of hydrogen-bond donors (Lipinski definition) is 0. The molecule has 0 aromatic heterocycles. The molecule has 0 saturated carbocycles. The lowest BCUT2D eigenvalue weighted by molar-refractivity contribution is -0.121. The summed E-state index contributed by atoms with van der Waals surface area (Å²) >= 11 is 0. The molecule has 1 aliphatic heterocycles. The van der Waals surface area contributed by atoms with Crippen LogP contribution in [0.2, 0.25) is 0 Å². The van der Waals surface area contributed by atoms with E-state index in [0.717, 1.165) is 36.3 Å². The normalized spacial score (nSPS) is 14.0. The maximum Gasteiger partial charge on any atom is 0.285 e. The third-order valence-electron chi connectivity index (χ3n) is 3.86. The maximum atomic E-state index is 12.1. The van der Waals surface area contributed by atoms with Crippen LogP contribution in [0.1, 0.15) is 31.7 Å². The molecule has 0 spiro atoms. The number of benzene rings is 2. The van der Waals surface area contributed by atoms with Crippen molar-refractivity contribution in [1.29, 1.82) is 0 Å². The average molecular weight is 338 g/mol. The van der Waals surface area contributed by atoms with Crippen LogP contribution in [0.5, 0.6) is 5.75 Å². The van der Waals surface area contributed by atoms with E-state index in [-0.39, 0.29) is 12.5 Å². The quantitative estimate of drug-likeness (QED) is 0.718. The van der Waals surface area contributed by atoms with Crippen molar-refractivity contribution in [1.82, 2.24) is 0 Å². The van der Waals surface area contributed by atoms with Crippen molar-refractivity contribution in [2.24, 2.45) is 5.10 Å². The van der Waals surface area contributed by atoms with E-state index in [1.807, 2.05) is 54.6 Å². The van der Waals surface area contributed by atoms with Gasteiger partial charge in [-0.05, 0) is 36.8 Å². The Hall–Kier alpha value is -2.82. The second-order valence-electron chi connectivity index (χ2n) is 5.82. The third kappa shape index (κ3) is 4.38. The second-order valence-corrected chi connectivity index (χ2v) is 5.82. The van der Waals surface area contributed by atoms with Crippen LogP contribution in [-0.2, 0) is 9.53 Å². The second kappa shape index (κ2) is 8.33. The van der Waals surface area contributed by atoms with Crippen molar-refractivity contribution < 1.29 is 14.3 Å². The number of ether oxygens (including phenoxy) is 2. The Labute approximate surface area is 147 Å². The van der Waals surface area contributed by atoms with E-state index in [2.05, 4.69) is 12.0 Å². The lowest BCUT2D eigenvalue weighted by Crippen LogP contribution is -2.36. The van der Waals surface area contributed by atoms with Crippen LogP contribution in [0.15, 0.2) is 59.7 Å². The maximum absolute atomic E-state index is 12.1. The Balaban J connectivity index is 1.77. The van der Waals surface area contributed by atoms with E-state index < -0.39 is 0 Å². The molecule has 3 rings (SSSR count). The highest BCUT2D eigenvalue weighted by atomic mass is 16.5. The van der Waals surface area contributed by atoms with E-state index in [1.54, 1.807) is 0 Å². The smallest absolute Gasteiger partial charge is 0.285 e. The number of carbonyl (C=O) groups is 1. The largest absolute Gasteiger partial charge is 0.494 e. The van der Waals surface area contributed by atoms with E-state index in [9.17, 15) is 4.79 Å². The molecule has 0 bridgehead atoms. The Morgan fingerprint density at radius 3 is 2.76 bits per heavy atom. The van der Waals surface area contributed by atoms with Gasteiger partial charge in [-0.1, -0.05) is 44.0 Å². The molecule has 2 aromatic rings. The Bertz CT molecular complexity index is 744. The first kappa shape index (κ1) is 17.0. The van der Waals surface area contributed by atoms with Gasteiger partial charge in [-0.25, -0.2) is 0 Å². The first-order valence-electron chi connectivity index (χ1n) is 8.60. The molecule has 5 nitrogen and oxygen atoms in total. The summed E-state index contributed by atoms with van der Waals surface area (Å²) in [4.78, 5) is 12.1. The minimum absolute atomic E-state index is 0.0324. The Kier molecular flexibility index (Phi) is 5.67. The molecular formula is C20H22N2O3. The van der Waals surface area contributed by atoms with Crippen LogP contribution in [0, 0.1) is 0 Å². The molecule has 0 atom stereocenters. The van der Waals surface area contributed by atoms with Gasteiger partial charge in [0.05, 0.1) is 12.3 Å². The van der Waals surface area contributed by atoms with E-state index in [0.29, 0.717) is 12.5 Å². The molecule has 0 radical (unpaired) electrons. The van der Waals surface area contributed by atoms with Gasteiger partial charge in [0.15, 0.2) is 6.61 Å². The standard InChI is InChI=1S/C20H22N2O3/c1-2-3-7-13-24-18-12-8-9-16(14-18)20-21-22(19(23)15-25-20)17-10-5-4-6-11-17/h4-6,8-12,14H,2-3,7,13,15H2,1H3. The lowest BCUT2D eigenvalue weighted by Gasteiger charge is -2.24. The molecule has 0 saturated heterocycles. The van der Waals surface area contributed by atoms with Gasteiger partial charge >= 0.3 is 0 Å². The predicted octanol–water partition coefficient (Wildman–Crippen LogP) is 3.98. The average Bonchev–Trinajstić information content (AvgIpc) is 2.67. The fraction of sp³-hybridized carbons (Fsp3) is 0.300. The predicted molar refractivity (Wildman–Crippen MR) is 97.9 cm³/mol. The summed E-state index contributed by atoms with van der Waals surface area (Å²) in [6.07, 6.45) is 3.36. The summed E-state index contributed by atoms with van der Waals surface area (Å²) in [6.45, 7) is 2.83. The van der Waals surface area contributed by atoms with Crippen molar-refractivity contribution in [3.8, 4) is 5.75 Å². The summed E-state index contributed by atoms with van der Waals surface area (Å²) in [6, 6.07) is 16.9. The van der Waals surface area contributed by atoms with Crippen molar-refractivity contribution in [3.05, 3.63) is 60.2 Å². The molecule has 0 unspecified atom stereocenters. The fourth-order valence-electron chi connectivity index (χ4n) is 2.54. The number of nitrogens with zero attached hydrogens (tertiary/aromatic N) is 2. The summed E-state index contributed by atoms with van der Waals surface area (Å²) in [7, 11) is 0. The lowest BCUT2D eigenvalue weighted by atomic mass is 10.2. The number of anilines is 1. The SMILES string of the molecule is CCCCCOc1cccc(C2=NN(c3ccccc3)C(=O)CO2)c1. The van der Waals surface area contributed by atoms with Gasteiger partial charge in [-0.2, -0.15) is 5.01 Å². The number of carbonyl (C=O) groups excluding carboxylic acids is 1. The van der Waals surface area contributed by atoms with Crippen molar-refractivity contribution in [2.75, 3.05) is 18.2 Å². The van der Waals surface area contributed by atoms with E-state index >= 15 is 0 Å². The van der Waals surface area contributed by atoms with Crippen molar-refractivity contribution in [2.45, 2.75) is 26.2 Å². The third-order valence-corrected chi connectivity index (χ3v) is 3.86. The molecule has 2 aromatic carbocycles. The molecular weight excluding hydrogens is 316 g/mol. The number of para-hydroxylation sites is 1. The van der Waals surface area contributed by atoms with Crippen LogP contribution in [0.3, 0.4) is 0 Å². The molecule has 0 fully saturated rings. The zero-order valence-corrected chi connectivity index (χ0v) is 14.4. The highest BCUT2D eigenvalue weighted by Crippen LogP contribution is 2.21. The van der Waals surface area contributed by atoms with Gasteiger partial charge in [0.2, 0.25) is 5.90 Å². The zero-order valence-electron chi connectivity index (χ0n) is 14.4. The molecule has 1 aliphatic rings. The van der Waals surface area contributed by atoms with Crippen LogP contribution in [-0.4, -0.2) is 25.0 Å². The molecule has 0 aliphatic carbocycles. The Morgan fingerprint density at radius 2 is 1.96 bits per heavy atom. The minimum Gasteiger partial charge on any atom is -0.494 e. The molecule has 5 heteroatoms. The number of rotatable bonds is 7. The van der Waals surface area contributed by atoms with Crippen molar-refractivity contribution in [3.63, 3.8) is 0 Å². The van der Waals surface area contributed by atoms with Gasteiger partial charge in [0.1, 0.15) is 5.75 Å². The van der Waals surface area contributed by atoms with Crippen LogP contribution >= 0.6 is 0 Å². The summed E-state index contributed by atoms with van der Waals surface area (Å²) in [5, 5.41) is 5.76. The number of unbranched alkanes of at least 4 members (excludes halogenated alkanes) is 2. The van der Waals surface area contributed by atoms with Gasteiger partial charge in [0, 0.05) is 5.56 Å².